The lowest BCUT2D eigenvalue weighted by atomic mass is 10.1. The van der Waals surface area contributed by atoms with Crippen molar-refractivity contribution in [2.24, 2.45) is 5.73 Å². The molecule has 0 aliphatic rings. The number of nitriles is 1. The van der Waals surface area contributed by atoms with Crippen LogP contribution in [-0.2, 0) is 33.5 Å². The lowest BCUT2D eigenvalue weighted by Crippen LogP contribution is -2.41. The molecule has 0 rings (SSSR count). The summed E-state index contributed by atoms with van der Waals surface area (Å²) in [5.74, 6) is -2.19. The number of ether oxygens (including phenoxy) is 1. The Hall–Kier alpha value is -4.14. The molecule has 3 unspecified atom stereocenters. The number of hydrogen-bond acceptors (Lipinski definition) is 12. The Bertz CT molecular complexity index is 874. The maximum absolute atomic E-state index is 11.2. The van der Waals surface area contributed by atoms with Crippen molar-refractivity contribution in [2.45, 2.75) is 70.5 Å². The van der Waals surface area contributed by atoms with E-state index in [1.165, 1.54) is 6.92 Å². The molecule has 0 spiro atoms. The smallest absolute Gasteiger partial charge is 0.309 e. The van der Waals surface area contributed by atoms with Gasteiger partial charge in [0.15, 0.2) is 5.90 Å². The largest absolute Gasteiger partial charge is 0.481 e. The number of hydrogen-bond donors (Lipinski definition) is 9. The Morgan fingerprint density at radius 1 is 0.762 bits per heavy atom. The number of aliphatic carboxylic acids is 1. The highest BCUT2D eigenvalue weighted by Gasteiger charge is 2.16. The van der Waals surface area contributed by atoms with Crippen LogP contribution in [0.25, 0.3) is 0 Å². The summed E-state index contributed by atoms with van der Waals surface area (Å²) in [6.07, 6.45) is 2.29. The fourth-order valence-corrected chi connectivity index (χ4v) is 2.74. The molecule has 0 aromatic heterocycles. The van der Waals surface area contributed by atoms with Gasteiger partial charge in [-0.1, -0.05) is 0 Å². The Morgan fingerprint density at radius 2 is 1.10 bits per heavy atom. The molecule has 17 heteroatoms. The zero-order valence-electron chi connectivity index (χ0n) is 25.8. The lowest BCUT2D eigenvalue weighted by molar-refractivity contribution is -0.135. The molecule has 0 aromatic rings. The van der Waals surface area contributed by atoms with Crippen molar-refractivity contribution in [3.63, 3.8) is 0 Å². The molecule has 0 saturated carbocycles. The van der Waals surface area contributed by atoms with Gasteiger partial charge in [0, 0.05) is 54.3 Å². The van der Waals surface area contributed by atoms with Crippen LogP contribution < -0.4 is 37.6 Å². The summed E-state index contributed by atoms with van der Waals surface area (Å²) >= 11 is 0. The van der Waals surface area contributed by atoms with Crippen LogP contribution in [0.1, 0.15) is 52.4 Å². The van der Waals surface area contributed by atoms with Crippen LogP contribution in [0.4, 0.5) is 0 Å². The number of nitrogens with one attached hydrogen (secondary N) is 7. The van der Waals surface area contributed by atoms with Gasteiger partial charge in [0.1, 0.15) is 0 Å². The summed E-state index contributed by atoms with van der Waals surface area (Å²) in [5, 5.41) is 38.9. The molecule has 10 N–H and O–H groups in total. The van der Waals surface area contributed by atoms with E-state index in [1.54, 1.807) is 42.3 Å². The molecule has 0 bridgehead atoms. The fraction of sp³-hybridized carbons (Fsp3) is 0.680. The van der Waals surface area contributed by atoms with E-state index in [4.69, 9.17) is 26.3 Å². The van der Waals surface area contributed by atoms with Gasteiger partial charge in [-0.3, -0.25) is 34.2 Å². The third kappa shape index (κ3) is 30.4. The number of carboxylic acid groups (broad SMARTS) is 1. The van der Waals surface area contributed by atoms with Crippen LogP contribution in [-0.4, -0.2) is 107 Å². The van der Waals surface area contributed by atoms with E-state index in [9.17, 15) is 24.0 Å². The second kappa shape index (κ2) is 29.8. The molecule has 0 saturated heterocycles. The monoisotopic (exact) mass is 603 g/mol. The molecule has 42 heavy (non-hydrogen) atoms. The molecule has 0 aliphatic heterocycles. The van der Waals surface area contributed by atoms with Crippen molar-refractivity contribution >= 4 is 41.5 Å². The summed E-state index contributed by atoms with van der Waals surface area (Å²) in [5.41, 5.74) is 4.94. The van der Waals surface area contributed by atoms with Gasteiger partial charge in [0.25, 0.3) is 5.97 Å². The standard InChI is InChI=1S/C9H17N3O3.C7H15N3O2.C7H13N3O.C2H4O2/c1-6(13)15-8(10)5-4-7(11-2)9(14)12-3;1-9-5(7(12)10-2)3-4-6(8)11;1-9-6(4-3-5-8)7(11)10-2;1-2(3)4/h7,10-11H,4-5H2,1-3H3,(H,12,14);5,9H,3-4H2,1-2H3,(H2,8,11)(H,10,12);6,9H,3-4H2,1-2H3,(H,10,11);1H3,(H,3,4). The fourth-order valence-electron chi connectivity index (χ4n) is 2.74. The van der Waals surface area contributed by atoms with Crippen LogP contribution in [0.5, 0.6) is 0 Å². The number of nitrogens with two attached hydrogens (primary N) is 1. The van der Waals surface area contributed by atoms with Crippen molar-refractivity contribution in [3.05, 3.63) is 0 Å². The first-order chi connectivity index (χ1) is 19.6. The van der Waals surface area contributed by atoms with Gasteiger partial charge in [-0.25, -0.2) is 0 Å². The van der Waals surface area contributed by atoms with Gasteiger partial charge in [0.05, 0.1) is 24.2 Å². The minimum Gasteiger partial charge on any atom is -0.481 e. The molecular weight excluding hydrogens is 554 g/mol. The predicted molar refractivity (Wildman–Crippen MR) is 156 cm³/mol. The van der Waals surface area contributed by atoms with Crippen LogP contribution in [0, 0.1) is 16.7 Å². The van der Waals surface area contributed by atoms with Crippen molar-refractivity contribution in [3.8, 4) is 6.07 Å². The Morgan fingerprint density at radius 3 is 1.36 bits per heavy atom. The van der Waals surface area contributed by atoms with Gasteiger partial charge in [-0.05, 0) is 40.4 Å². The lowest BCUT2D eigenvalue weighted by Gasteiger charge is -2.13. The summed E-state index contributed by atoms with van der Waals surface area (Å²) < 4.78 is 4.54. The van der Waals surface area contributed by atoms with Crippen LogP contribution >= 0.6 is 0 Å². The molecular formula is C25H49N9O8. The second-order valence-corrected chi connectivity index (χ2v) is 8.14. The van der Waals surface area contributed by atoms with E-state index in [1.807, 2.05) is 6.07 Å². The topological polar surface area (TPSA) is 278 Å². The average molecular weight is 604 g/mol. The van der Waals surface area contributed by atoms with E-state index in [0.717, 1.165) is 6.92 Å². The maximum atomic E-state index is 11.2. The van der Waals surface area contributed by atoms with Crippen LogP contribution in [0.15, 0.2) is 0 Å². The summed E-state index contributed by atoms with van der Waals surface area (Å²) in [7, 11) is 9.72. The predicted octanol–water partition coefficient (Wildman–Crippen LogP) is -2.06. The first-order valence-electron chi connectivity index (χ1n) is 12.9. The highest BCUT2D eigenvalue weighted by atomic mass is 16.5. The number of nitrogens with zero attached hydrogens (tertiary/aromatic N) is 1. The van der Waals surface area contributed by atoms with E-state index < -0.39 is 11.9 Å². The highest BCUT2D eigenvalue weighted by molar-refractivity contribution is 5.87. The van der Waals surface area contributed by atoms with E-state index in [2.05, 4.69) is 36.6 Å². The van der Waals surface area contributed by atoms with E-state index in [-0.39, 0.29) is 60.5 Å². The Kier molecular flexibility index (Phi) is 31.9. The first kappa shape index (κ1) is 44.9. The SMILES string of the molecule is CC(=O)O.CNC(=O)C(CCC#N)NC.CNC(=O)C(CCC(=N)OC(C)=O)NC.CNC(=O)C(CCC(N)=O)NC. The summed E-state index contributed by atoms with van der Waals surface area (Å²) in [6, 6.07) is 1.05. The van der Waals surface area contributed by atoms with Gasteiger partial charge in [0.2, 0.25) is 23.6 Å². The molecule has 0 radical (unpaired) electrons. The third-order valence-corrected chi connectivity index (χ3v) is 4.89. The first-order valence-corrected chi connectivity index (χ1v) is 12.9. The molecule has 242 valence electrons. The quantitative estimate of drug-likeness (QED) is 0.0589. The summed E-state index contributed by atoms with van der Waals surface area (Å²) in [6.45, 7) is 2.32. The number of primary amides is 1. The van der Waals surface area contributed by atoms with E-state index in [0.29, 0.717) is 25.7 Å². The molecule has 3 atom stereocenters. The molecule has 4 amide bonds. The Labute approximate surface area is 247 Å². The average Bonchev–Trinajstić information content (AvgIpc) is 2.93. The van der Waals surface area contributed by atoms with Gasteiger partial charge in [-0.15, -0.1) is 0 Å². The van der Waals surface area contributed by atoms with Crippen LogP contribution in [0.3, 0.4) is 0 Å². The number of carboxylic acids is 1. The molecule has 17 nitrogen and oxygen atoms in total. The minimum absolute atomic E-state index is 0.0669. The zero-order chi connectivity index (χ0) is 33.7. The number of amides is 4. The van der Waals surface area contributed by atoms with Crippen molar-refractivity contribution in [1.29, 1.82) is 10.7 Å². The zero-order valence-corrected chi connectivity index (χ0v) is 25.8. The van der Waals surface area contributed by atoms with Crippen molar-refractivity contribution < 1.29 is 38.6 Å². The van der Waals surface area contributed by atoms with Crippen LogP contribution in [0.2, 0.25) is 0 Å². The Balaban J connectivity index is -0.000000244. The van der Waals surface area contributed by atoms with Crippen molar-refractivity contribution in [2.75, 3.05) is 42.3 Å². The van der Waals surface area contributed by atoms with E-state index >= 15 is 0 Å². The summed E-state index contributed by atoms with van der Waals surface area (Å²) in [4.78, 5) is 63.1. The minimum atomic E-state index is -0.833. The highest BCUT2D eigenvalue weighted by Crippen LogP contribution is 2.00. The molecule has 0 aromatic carbocycles. The third-order valence-electron chi connectivity index (χ3n) is 4.89. The second-order valence-electron chi connectivity index (χ2n) is 8.14. The molecule has 0 aliphatic carbocycles. The number of rotatable bonds is 14. The number of carbonyl (C=O) groups is 6. The number of esters is 1. The van der Waals surface area contributed by atoms with Gasteiger partial charge < -0.3 is 47.5 Å². The normalized spacial score (nSPS) is 11.3. The number of likely N-dealkylation sites (N-methyl/N-ethyl adjacent to an activating group) is 6. The maximum Gasteiger partial charge on any atom is 0.309 e. The van der Waals surface area contributed by atoms with Gasteiger partial charge in [-0.2, -0.15) is 5.26 Å². The van der Waals surface area contributed by atoms with Crippen molar-refractivity contribution in [1.82, 2.24) is 31.9 Å². The number of carbonyl (C=O) groups excluding carboxylic acids is 5. The molecule has 0 fully saturated rings. The molecule has 0 heterocycles. The van der Waals surface area contributed by atoms with Gasteiger partial charge >= 0.3 is 5.97 Å².